The molecule has 13 heavy (non-hydrogen) atoms. The van der Waals surface area contributed by atoms with E-state index >= 15 is 0 Å². The first-order valence-corrected chi connectivity index (χ1v) is 4.67. The maximum atomic E-state index is 9.24. The molecule has 1 aromatic carbocycles. The molecule has 1 rings (SSSR count). The molecule has 0 amide bonds. The van der Waals surface area contributed by atoms with E-state index in [2.05, 4.69) is 19.9 Å². The van der Waals surface area contributed by atoms with Crippen LogP contribution in [-0.2, 0) is 0 Å². The van der Waals surface area contributed by atoms with Crippen LogP contribution in [0.4, 0.5) is 5.69 Å². The molecule has 0 saturated heterocycles. The molecular formula is C11H17NO. The Hall–Kier alpha value is -1.02. The molecule has 0 aliphatic heterocycles. The number of hydrogen-bond donors (Lipinski definition) is 1. The number of anilines is 1. The third kappa shape index (κ3) is 2.46. The van der Waals surface area contributed by atoms with Crippen LogP contribution in [0.2, 0.25) is 0 Å². The van der Waals surface area contributed by atoms with Crippen molar-refractivity contribution in [3.05, 3.63) is 29.8 Å². The van der Waals surface area contributed by atoms with E-state index < -0.39 is 0 Å². The lowest BCUT2D eigenvalue weighted by atomic mass is 9.98. The van der Waals surface area contributed by atoms with Gasteiger partial charge in [-0.3, -0.25) is 10.3 Å². The quantitative estimate of drug-likeness (QED) is 0.721. The van der Waals surface area contributed by atoms with Crippen molar-refractivity contribution in [3.8, 4) is 0 Å². The highest BCUT2D eigenvalue weighted by molar-refractivity contribution is 5.46. The van der Waals surface area contributed by atoms with Crippen LogP contribution in [0.5, 0.6) is 0 Å². The van der Waals surface area contributed by atoms with Crippen LogP contribution in [0.15, 0.2) is 24.3 Å². The molecule has 0 aliphatic carbocycles. The minimum Gasteiger partial charge on any atom is -0.289 e. The smallest absolute Gasteiger partial charge is 0.0633 e. The van der Waals surface area contributed by atoms with Crippen LogP contribution in [0.3, 0.4) is 0 Å². The first-order valence-electron chi connectivity index (χ1n) is 4.67. The molecule has 2 heteroatoms. The summed E-state index contributed by atoms with van der Waals surface area (Å²) in [6.45, 7) is 4.36. The van der Waals surface area contributed by atoms with Gasteiger partial charge in [-0.15, -0.1) is 0 Å². The predicted octanol–water partition coefficient (Wildman–Crippen LogP) is 3.03. The summed E-state index contributed by atoms with van der Waals surface area (Å²) in [5.41, 5.74) is 2.12. The lowest BCUT2D eigenvalue weighted by Gasteiger charge is -2.14. The monoisotopic (exact) mass is 179 g/mol. The van der Waals surface area contributed by atoms with Crippen LogP contribution in [0.1, 0.15) is 31.7 Å². The molecule has 1 unspecified atom stereocenters. The third-order valence-corrected chi connectivity index (χ3v) is 2.43. The zero-order valence-corrected chi connectivity index (χ0v) is 8.49. The molecule has 0 saturated carbocycles. The van der Waals surface area contributed by atoms with E-state index in [1.807, 2.05) is 18.2 Å². The number of benzene rings is 1. The Morgan fingerprint density at radius 1 is 1.46 bits per heavy atom. The van der Waals surface area contributed by atoms with Gasteiger partial charge in [-0.25, -0.2) is 0 Å². The molecule has 72 valence electrons. The predicted molar refractivity (Wildman–Crippen MR) is 55.3 cm³/mol. The van der Waals surface area contributed by atoms with Gasteiger partial charge in [0.2, 0.25) is 0 Å². The van der Waals surface area contributed by atoms with Gasteiger partial charge in [0.25, 0.3) is 0 Å². The normalized spacial score (nSPS) is 12.6. The average Bonchev–Trinajstić information content (AvgIpc) is 2.17. The number of nitrogens with zero attached hydrogens (tertiary/aromatic N) is 1. The molecule has 0 bridgehead atoms. The first kappa shape index (κ1) is 10.1. The largest absolute Gasteiger partial charge is 0.289 e. The summed E-state index contributed by atoms with van der Waals surface area (Å²) in [4.78, 5) is 0. The fourth-order valence-corrected chi connectivity index (χ4v) is 1.27. The van der Waals surface area contributed by atoms with E-state index in [4.69, 9.17) is 0 Å². The van der Waals surface area contributed by atoms with Crippen molar-refractivity contribution in [2.45, 2.75) is 26.2 Å². The van der Waals surface area contributed by atoms with Gasteiger partial charge < -0.3 is 0 Å². The van der Waals surface area contributed by atoms with Gasteiger partial charge in [0.1, 0.15) is 0 Å². The van der Waals surface area contributed by atoms with Crippen LogP contribution in [0.25, 0.3) is 0 Å². The highest BCUT2D eigenvalue weighted by Crippen LogP contribution is 2.22. The fraction of sp³-hybridized carbons (Fsp3) is 0.455. The van der Waals surface area contributed by atoms with Crippen LogP contribution in [-0.4, -0.2) is 12.3 Å². The molecule has 1 atom stereocenters. The van der Waals surface area contributed by atoms with Gasteiger partial charge >= 0.3 is 0 Å². The summed E-state index contributed by atoms with van der Waals surface area (Å²) in [5.74, 6) is 0.555. The molecule has 1 N–H and O–H groups in total. The Kier molecular flexibility index (Phi) is 3.32. The Bertz CT molecular complexity index is 271. The molecule has 0 fully saturated rings. The molecule has 2 nitrogen and oxygen atoms in total. The standard InChI is InChI=1S/C11H17NO/c1-4-9(2)10-6-5-7-11(8-10)12(3)13/h5-9,13H,4H2,1-3H3. The number of hydrogen-bond acceptors (Lipinski definition) is 2. The van der Waals surface area contributed by atoms with E-state index in [0.29, 0.717) is 5.92 Å². The van der Waals surface area contributed by atoms with E-state index in [1.54, 1.807) is 7.05 Å². The second-order valence-electron chi connectivity index (χ2n) is 3.43. The highest BCUT2D eigenvalue weighted by atomic mass is 16.5. The molecule has 0 aliphatic rings. The second kappa shape index (κ2) is 4.28. The third-order valence-electron chi connectivity index (χ3n) is 2.43. The van der Waals surface area contributed by atoms with E-state index in [1.165, 1.54) is 5.56 Å². The zero-order valence-electron chi connectivity index (χ0n) is 8.49. The van der Waals surface area contributed by atoms with Crippen LogP contribution in [0, 0.1) is 0 Å². The average molecular weight is 179 g/mol. The maximum Gasteiger partial charge on any atom is 0.0633 e. The molecule has 1 aromatic rings. The van der Waals surface area contributed by atoms with E-state index in [0.717, 1.165) is 17.2 Å². The van der Waals surface area contributed by atoms with Crippen LogP contribution < -0.4 is 5.06 Å². The van der Waals surface area contributed by atoms with Crippen molar-refractivity contribution in [3.63, 3.8) is 0 Å². The van der Waals surface area contributed by atoms with E-state index in [-0.39, 0.29) is 0 Å². The summed E-state index contributed by atoms with van der Waals surface area (Å²) in [6.07, 6.45) is 1.12. The lowest BCUT2D eigenvalue weighted by Crippen LogP contribution is -2.10. The Balaban J connectivity index is 2.91. The minimum absolute atomic E-state index is 0.555. The first-order chi connectivity index (χ1) is 6.15. The van der Waals surface area contributed by atoms with Crippen molar-refractivity contribution in [2.24, 2.45) is 0 Å². The Morgan fingerprint density at radius 3 is 2.69 bits per heavy atom. The molecule has 0 spiro atoms. The van der Waals surface area contributed by atoms with Gasteiger partial charge in [-0.05, 0) is 30.0 Å². The van der Waals surface area contributed by atoms with Crippen molar-refractivity contribution in [1.82, 2.24) is 0 Å². The summed E-state index contributed by atoms with van der Waals surface area (Å²) >= 11 is 0. The fourth-order valence-electron chi connectivity index (χ4n) is 1.27. The topological polar surface area (TPSA) is 23.5 Å². The van der Waals surface area contributed by atoms with E-state index in [9.17, 15) is 5.21 Å². The number of rotatable bonds is 3. The Morgan fingerprint density at radius 2 is 2.15 bits per heavy atom. The zero-order chi connectivity index (χ0) is 9.84. The van der Waals surface area contributed by atoms with Gasteiger partial charge in [0.15, 0.2) is 0 Å². The lowest BCUT2D eigenvalue weighted by molar-refractivity contribution is 0.279. The Labute approximate surface area is 79.8 Å². The summed E-state index contributed by atoms with van der Waals surface area (Å²) < 4.78 is 0. The van der Waals surface area contributed by atoms with Crippen molar-refractivity contribution < 1.29 is 5.21 Å². The molecule has 0 radical (unpaired) electrons. The van der Waals surface area contributed by atoms with Gasteiger partial charge in [0.05, 0.1) is 5.69 Å². The van der Waals surface area contributed by atoms with Crippen molar-refractivity contribution in [1.29, 1.82) is 0 Å². The summed E-state index contributed by atoms with van der Waals surface area (Å²) in [7, 11) is 1.63. The van der Waals surface area contributed by atoms with Crippen molar-refractivity contribution >= 4 is 5.69 Å². The minimum atomic E-state index is 0.555. The maximum absolute atomic E-state index is 9.24. The highest BCUT2D eigenvalue weighted by Gasteiger charge is 2.04. The summed E-state index contributed by atoms with van der Waals surface area (Å²) in [6, 6.07) is 7.99. The molecule has 0 aromatic heterocycles. The van der Waals surface area contributed by atoms with Crippen molar-refractivity contribution in [2.75, 3.05) is 12.1 Å². The molecular weight excluding hydrogens is 162 g/mol. The SMILES string of the molecule is CCC(C)c1cccc(N(C)O)c1. The second-order valence-corrected chi connectivity index (χ2v) is 3.43. The van der Waals surface area contributed by atoms with Gasteiger partial charge in [-0.2, -0.15) is 0 Å². The van der Waals surface area contributed by atoms with Gasteiger partial charge in [-0.1, -0.05) is 26.0 Å². The molecule has 0 heterocycles. The van der Waals surface area contributed by atoms with Crippen LogP contribution >= 0.6 is 0 Å². The van der Waals surface area contributed by atoms with Gasteiger partial charge in [0, 0.05) is 7.05 Å². The number of hydroxylamine groups is 1. The summed E-state index contributed by atoms with van der Waals surface area (Å²) in [5, 5.41) is 10.4.